The minimum atomic E-state index is 0.508. The fraction of sp³-hybridized carbons (Fsp3) is 0.444. The Morgan fingerprint density at radius 2 is 2.00 bits per heavy atom. The Hall–Kier alpha value is -2.30. The summed E-state index contributed by atoms with van der Waals surface area (Å²) in [6.45, 7) is 0.687. The van der Waals surface area contributed by atoms with Crippen LogP contribution < -0.4 is 11.1 Å². The number of hydrogen-bond donors (Lipinski definition) is 2. The summed E-state index contributed by atoms with van der Waals surface area (Å²) >= 11 is 0. The first-order valence-electron chi connectivity index (χ1n) is 8.47. The molecule has 1 aliphatic rings. The third kappa shape index (κ3) is 4.58. The second-order valence-corrected chi connectivity index (χ2v) is 6.12. The normalized spacial score (nSPS) is 16.4. The lowest BCUT2D eigenvalue weighted by Crippen LogP contribution is -2.41. The summed E-state index contributed by atoms with van der Waals surface area (Å²) in [6.07, 6.45) is 11.1. The van der Waals surface area contributed by atoms with Crippen molar-refractivity contribution in [3.8, 4) is 5.69 Å². The maximum Gasteiger partial charge on any atom is 0.188 e. The van der Waals surface area contributed by atoms with E-state index in [0.717, 1.165) is 12.1 Å². The molecule has 3 N–H and O–H groups in total. The predicted octanol–water partition coefficient (Wildman–Crippen LogP) is 2.65. The first kappa shape index (κ1) is 15.6. The SMILES string of the molecule is NC(=NCCc1cnn(-c2ccccc2)c1)NC1CCCCC1. The molecular weight excluding hydrogens is 286 g/mol. The minimum absolute atomic E-state index is 0.508. The third-order valence-corrected chi connectivity index (χ3v) is 4.30. The Morgan fingerprint density at radius 1 is 1.22 bits per heavy atom. The number of guanidine groups is 1. The van der Waals surface area contributed by atoms with E-state index in [1.165, 1.54) is 37.7 Å². The second-order valence-electron chi connectivity index (χ2n) is 6.12. The molecule has 0 bridgehead atoms. The fourth-order valence-corrected chi connectivity index (χ4v) is 3.02. The van der Waals surface area contributed by atoms with Crippen molar-refractivity contribution >= 4 is 5.96 Å². The van der Waals surface area contributed by atoms with Crippen LogP contribution in [0, 0.1) is 0 Å². The largest absolute Gasteiger partial charge is 0.370 e. The lowest BCUT2D eigenvalue weighted by Gasteiger charge is -2.23. The maximum atomic E-state index is 5.98. The Labute approximate surface area is 137 Å². The molecule has 0 spiro atoms. The topological polar surface area (TPSA) is 68.2 Å². The van der Waals surface area contributed by atoms with Crippen molar-refractivity contribution in [1.82, 2.24) is 15.1 Å². The number of nitrogens with two attached hydrogens (primary N) is 1. The fourth-order valence-electron chi connectivity index (χ4n) is 3.02. The second kappa shape index (κ2) is 7.81. The number of rotatable bonds is 5. The maximum absolute atomic E-state index is 5.98. The zero-order valence-electron chi connectivity index (χ0n) is 13.5. The molecule has 23 heavy (non-hydrogen) atoms. The van der Waals surface area contributed by atoms with Crippen LogP contribution in [-0.2, 0) is 6.42 Å². The first-order chi connectivity index (χ1) is 11.3. The van der Waals surface area contributed by atoms with Gasteiger partial charge in [-0.05, 0) is 37.0 Å². The molecular formula is C18H25N5. The van der Waals surface area contributed by atoms with Crippen LogP contribution in [0.15, 0.2) is 47.7 Å². The van der Waals surface area contributed by atoms with Crippen LogP contribution in [0.2, 0.25) is 0 Å². The van der Waals surface area contributed by atoms with Crippen LogP contribution in [0.4, 0.5) is 0 Å². The standard InChI is InChI=1S/C18H25N5/c19-18(22-16-7-3-1-4-8-16)20-12-11-15-13-21-23(14-15)17-9-5-2-6-10-17/h2,5-6,9-10,13-14,16H,1,3-4,7-8,11-12H2,(H3,19,20,22). The van der Waals surface area contributed by atoms with E-state index < -0.39 is 0 Å². The van der Waals surface area contributed by atoms with Gasteiger partial charge in [0.2, 0.25) is 0 Å². The summed E-state index contributed by atoms with van der Waals surface area (Å²) in [5, 5.41) is 7.74. The van der Waals surface area contributed by atoms with Gasteiger partial charge >= 0.3 is 0 Å². The first-order valence-corrected chi connectivity index (χ1v) is 8.47. The minimum Gasteiger partial charge on any atom is -0.370 e. The van der Waals surface area contributed by atoms with E-state index in [4.69, 9.17) is 5.73 Å². The van der Waals surface area contributed by atoms with Gasteiger partial charge in [-0.1, -0.05) is 37.5 Å². The van der Waals surface area contributed by atoms with Gasteiger partial charge < -0.3 is 11.1 Å². The average Bonchev–Trinajstić information content (AvgIpc) is 3.05. The van der Waals surface area contributed by atoms with Crippen molar-refractivity contribution in [2.75, 3.05) is 6.54 Å². The van der Waals surface area contributed by atoms with Crippen molar-refractivity contribution in [3.05, 3.63) is 48.3 Å². The Morgan fingerprint density at radius 3 is 2.78 bits per heavy atom. The molecule has 1 saturated carbocycles. The van der Waals surface area contributed by atoms with Gasteiger partial charge in [-0.15, -0.1) is 0 Å². The van der Waals surface area contributed by atoms with E-state index in [2.05, 4.69) is 21.6 Å². The van der Waals surface area contributed by atoms with Crippen LogP contribution in [0.3, 0.4) is 0 Å². The molecule has 1 aliphatic carbocycles. The van der Waals surface area contributed by atoms with Gasteiger partial charge in [0.05, 0.1) is 11.9 Å². The van der Waals surface area contributed by atoms with Crippen LogP contribution in [-0.4, -0.2) is 28.3 Å². The third-order valence-electron chi connectivity index (χ3n) is 4.30. The van der Waals surface area contributed by atoms with Crippen molar-refractivity contribution in [2.45, 2.75) is 44.6 Å². The van der Waals surface area contributed by atoms with E-state index >= 15 is 0 Å². The summed E-state index contributed by atoms with van der Waals surface area (Å²) in [6, 6.07) is 10.6. The number of para-hydroxylation sites is 1. The molecule has 0 saturated heterocycles. The number of aliphatic imine (C=N–C) groups is 1. The Kier molecular flexibility index (Phi) is 5.29. The van der Waals surface area contributed by atoms with Crippen molar-refractivity contribution in [1.29, 1.82) is 0 Å². The molecule has 1 aromatic heterocycles. The highest BCUT2D eigenvalue weighted by Gasteiger charge is 2.13. The van der Waals surface area contributed by atoms with Crippen molar-refractivity contribution < 1.29 is 0 Å². The van der Waals surface area contributed by atoms with Crippen LogP contribution in [0.1, 0.15) is 37.7 Å². The lowest BCUT2D eigenvalue weighted by atomic mass is 9.96. The van der Waals surface area contributed by atoms with Crippen LogP contribution >= 0.6 is 0 Å². The van der Waals surface area contributed by atoms with Gasteiger partial charge in [-0.25, -0.2) is 4.68 Å². The molecule has 5 nitrogen and oxygen atoms in total. The zero-order valence-corrected chi connectivity index (χ0v) is 13.5. The molecule has 0 unspecified atom stereocenters. The molecule has 122 valence electrons. The summed E-state index contributed by atoms with van der Waals surface area (Å²) in [5.41, 5.74) is 8.22. The van der Waals surface area contributed by atoms with Gasteiger partial charge in [0, 0.05) is 18.8 Å². The Bertz CT molecular complexity index is 626. The molecule has 0 aliphatic heterocycles. The summed E-state index contributed by atoms with van der Waals surface area (Å²) in [7, 11) is 0. The van der Waals surface area contributed by atoms with E-state index in [-0.39, 0.29) is 0 Å². The molecule has 1 fully saturated rings. The smallest absolute Gasteiger partial charge is 0.188 e. The van der Waals surface area contributed by atoms with E-state index in [0.29, 0.717) is 18.5 Å². The van der Waals surface area contributed by atoms with Gasteiger partial charge in [0.1, 0.15) is 0 Å². The number of aromatic nitrogens is 2. The average molecular weight is 311 g/mol. The molecule has 0 radical (unpaired) electrons. The number of nitrogens with one attached hydrogen (secondary N) is 1. The van der Waals surface area contributed by atoms with Crippen molar-refractivity contribution in [3.63, 3.8) is 0 Å². The highest BCUT2D eigenvalue weighted by atomic mass is 15.3. The highest BCUT2D eigenvalue weighted by molar-refractivity contribution is 5.78. The van der Waals surface area contributed by atoms with Gasteiger partial charge in [-0.3, -0.25) is 4.99 Å². The molecule has 5 heteroatoms. The van der Waals surface area contributed by atoms with E-state index in [9.17, 15) is 0 Å². The number of nitrogens with zero attached hydrogens (tertiary/aromatic N) is 3. The molecule has 2 aromatic rings. The van der Waals surface area contributed by atoms with Crippen molar-refractivity contribution in [2.24, 2.45) is 10.7 Å². The molecule has 3 rings (SSSR count). The van der Waals surface area contributed by atoms with Gasteiger partial charge in [0.15, 0.2) is 5.96 Å². The van der Waals surface area contributed by atoms with E-state index in [1.807, 2.05) is 41.2 Å². The number of benzene rings is 1. The van der Waals surface area contributed by atoms with E-state index in [1.54, 1.807) is 0 Å². The molecule has 1 aromatic carbocycles. The monoisotopic (exact) mass is 311 g/mol. The predicted molar refractivity (Wildman–Crippen MR) is 93.8 cm³/mol. The summed E-state index contributed by atoms with van der Waals surface area (Å²) < 4.78 is 1.89. The quantitative estimate of drug-likeness (QED) is 0.659. The van der Waals surface area contributed by atoms with Gasteiger partial charge in [0.25, 0.3) is 0 Å². The summed E-state index contributed by atoms with van der Waals surface area (Å²) in [5.74, 6) is 0.576. The lowest BCUT2D eigenvalue weighted by molar-refractivity contribution is 0.412. The highest BCUT2D eigenvalue weighted by Crippen LogP contribution is 2.17. The molecule has 1 heterocycles. The Balaban J connectivity index is 1.48. The molecule has 0 atom stereocenters. The van der Waals surface area contributed by atoms with Crippen LogP contribution in [0.25, 0.3) is 5.69 Å². The number of hydrogen-bond acceptors (Lipinski definition) is 2. The zero-order chi connectivity index (χ0) is 15.9. The molecule has 0 amide bonds. The van der Waals surface area contributed by atoms with Gasteiger partial charge in [-0.2, -0.15) is 5.10 Å². The summed E-state index contributed by atoms with van der Waals surface area (Å²) in [4.78, 5) is 4.44. The van der Waals surface area contributed by atoms with Crippen LogP contribution in [0.5, 0.6) is 0 Å².